The number of hydrogen-bond donors (Lipinski definition) is 1. The van der Waals surface area contributed by atoms with Crippen molar-refractivity contribution in [1.29, 1.82) is 0 Å². The first-order chi connectivity index (χ1) is 13.1. The van der Waals surface area contributed by atoms with Gasteiger partial charge >= 0.3 is 0 Å². The van der Waals surface area contributed by atoms with Crippen molar-refractivity contribution in [3.8, 4) is 0 Å². The Morgan fingerprint density at radius 2 is 1.71 bits per heavy atom. The molecule has 1 fully saturated rings. The first kappa shape index (κ1) is 21.0. The molecule has 1 aromatic heterocycles. The van der Waals surface area contributed by atoms with E-state index in [0.717, 1.165) is 43.4 Å². The summed E-state index contributed by atoms with van der Waals surface area (Å²) in [5, 5.41) is 14.0. The molecule has 0 aliphatic carbocycles. The average Bonchev–Trinajstić information content (AvgIpc) is 3.12. The third-order valence-corrected chi connectivity index (χ3v) is 6.56. The molecule has 0 spiro atoms. The fraction of sp³-hybridized carbons (Fsp3) is 0.348. The van der Waals surface area contributed by atoms with Crippen LogP contribution in [0.15, 0.2) is 60.0 Å². The lowest BCUT2D eigenvalue weighted by Crippen LogP contribution is -2.46. The third kappa shape index (κ3) is 4.81. The predicted octanol–water partition coefficient (Wildman–Crippen LogP) is 4.97. The molecule has 148 valence electrons. The molecule has 1 N–H and O–H groups in total. The van der Waals surface area contributed by atoms with Crippen LogP contribution >= 0.6 is 23.7 Å². The Balaban J connectivity index is 0.00000225. The molecule has 0 amide bonds. The summed E-state index contributed by atoms with van der Waals surface area (Å²) in [6.45, 7) is 2.46. The molecule has 0 radical (unpaired) electrons. The Kier molecular flexibility index (Phi) is 6.89. The van der Waals surface area contributed by atoms with Crippen LogP contribution in [-0.4, -0.2) is 41.0 Å². The van der Waals surface area contributed by atoms with E-state index < -0.39 is 5.60 Å². The minimum atomic E-state index is -0.620. The van der Waals surface area contributed by atoms with E-state index in [9.17, 15) is 9.90 Å². The second-order valence-corrected chi connectivity index (χ2v) is 8.46. The molecule has 5 heteroatoms. The monoisotopic (exact) mass is 415 g/mol. The Morgan fingerprint density at radius 3 is 2.46 bits per heavy atom. The minimum Gasteiger partial charge on any atom is -0.389 e. The van der Waals surface area contributed by atoms with Crippen molar-refractivity contribution < 1.29 is 9.90 Å². The zero-order valence-electron chi connectivity index (χ0n) is 15.8. The number of piperidine rings is 1. The lowest BCUT2D eigenvalue weighted by molar-refractivity contribution is -0.0203. The van der Waals surface area contributed by atoms with E-state index in [1.54, 1.807) is 11.3 Å². The van der Waals surface area contributed by atoms with E-state index in [1.807, 2.05) is 41.8 Å². The maximum atomic E-state index is 12.7. The molecule has 28 heavy (non-hydrogen) atoms. The number of ketones is 1. The Labute approximate surface area is 176 Å². The number of aliphatic hydroxyl groups is 1. The highest BCUT2D eigenvalue weighted by molar-refractivity contribution is 7.17. The Hall–Kier alpha value is -1.72. The van der Waals surface area contributed by atoms with E-state index >= 15 is 0 Å². The average molecular weight is 416 g/mol. The predicted molar refractivity (Wildman–Crippen MR) is 119 cm³/mol. The van der Waals surface area contributed by atoms with E-state index in [0.29, 0.717) is 12.8 Å². The highest BCUT2D eigenvalue weighted by Crippen LogP contribution is 2.28. The molecule has 3 nitrogen and oxygen atoms in total. The van der Waals surface area contributed by atoms with Crippen molar-refractivity contribution in [3.05, 3.63) is 71.1 Å². The Bertz CT molecular complexity index is 917. The van der Waals surface area contributed by atoms with Crippen molar-refractivity contribution in [1.82, 2.24) is 4.90 Å². The van der Waals surface area contributed by atoms with Gasteiger partial charge in [-0.1, -0.05) is 48.5 Å². The van der Waals surface area contributed by atoms with Gasteiger partial charge in [-0.3, -0.25) is 4.79 Å². The number of nitrogens with zero attached hydrogens (tertiary/aromatic N) is 1. The van der Waals surface area contributed by atoms with Crippen molar-refractivity contribution in [2.75, 3.05) is 19.6 Å². The summed E-state index contributed by atoms with van der Waals surface area (Å²) in [5.41, 5.74) is 1.42. The van der Waals surface area contributed by atoms with Crippen LogP contribution in [-0.2, 0) is 6.42 Å². The number of fused-ring (bicyclic) bond motifs is 1. The SMILES string of the molecule is Cl.O=C(CCN1CCC(O)(Cc2ccccc2)CC1)c1csc2ccccc12. The quantitative estimate of drug-likeness (QED) is 0.578. The van der Waals surface area contributed by atoms with Gasteiger partial charge in [0.1, 0.15) is 0 Å². The summed E-state index contributed by atoms with van der Waals surface area (Å²) in [7, 11) is 0. The number of hydrogen-bond acceptors (Lipinski definition) is 4. The van der Waals surface area contributed by atoms with E-state index in [1.165, 1.54) is 10.3 Å². The molecule has 0 unspecified atom stereocenters. The van der Waals surface area contributed by atoms with Gasteiger partial charge in [-0.05, 0) is 24.5 Å². The lowest BCUT2D eigenvalue weighted by Gasteiger charge is -2.38. The Morgan fingerprint density at radius 1 is 1.04 bits per heavy atom. The number of benzene rings is 2. The highest BCUT2D eigenvalue weighted by Gasteiger charge is 2.32. The van der Waals surface area contributed by atoms with Gasteiger partial charge in [-0.25, -0.2) is 0 Å². The maximum Gasteiger partial charge on any atom is 0.165 e. The number of carbonyl (C=O) groups is 1. The van der Waals surface area contributed by atoms with Crippen LogP contribution in [0.3, 0.4) is 0 Å². The summed E-state index contributed by atoms with van der Waals surface area (Å²) in [5.74, 6) is 0.220. The molecule has 2 heterocycles. The maximum absolute atomic E-state index is 12.7. The molecular formula is C23H26ClNO2S. The zero-order chi connectivity index (χ0) is 18.7. The van der Waals surface area contributed by atoms with E-state index in [2.05, 4.69) is 23.1 Å². The van der Waals surface area contributed by atoms with Crippen LogP contribution in [0.2, 0.25) is 0 Å². The van der Waals surface area contributed by atoms with Crippen LogP contribution in [0, 0.1) is 0 Å². The van der Waals surface area contributed by atoms with Crippen LogP contribution in [0.1, 0.15) is 35.2 Å². The molecule has 0 bridgehead atoms. The molecule has 1 aliphatic rings. The van der Waals surface area contributed by atoms with Gasteiger partial charge in [0.15, 0.2) is 5.78 Å². The molecule has 1 aliphatic heterocycles. The fourth-order valence-electron chi connectivity index (χ4n) is 3.93. The number of rotatable bonds is 6. The van der Waals surface area contributed by atoms with Gasteiger partial charge in [-0.2, -0.15) is 0 Å². The van der Waals surface area contributed by atoms with Gasteiger partial charge in [0.2, 0.25) is 0 Å². The number of halogens is 1. The standard InChI is InChI=1S/C23H25NO2S.ClH/c25-21(20-17-27-22-9-5-4-8-19(20)22)10-13-24-14-11-23(26,12-15-24)16-18-6-2-1-3-7-18;/h1-9,17,26H,10-16H2;1H. The normalized spacial score (nSPS) is 16.6. The number of thiophene rings is 1. The zero-order valence-corrected chi connectivity index (χ0v) is 17.5. The van der Waals surface area contributed by atoms with Gasteiger partial charge in [-0.15, -0.1) is 23.7 Å². The van der Waals surface area contributed by atoms with Crippen LogP contribution < -0.4 is 0 Å². The topological polar surface area (TPSA) is 40.5 Å². The van der Waals surface area contributed by atoms with Gasteiger partial charge in [0, 0.05) is 53.5 Å². The summed E-state index contributed by atoms with van der Waals surface area (Å²) in [6.07, 6.45) is 2.77. The summed E-state index contributed by atoms with van der Waals surface area (Å²) < 4.78 is 1.17. The summed E-state index contributed by atoms with van der Waals surface area (Å²) in [6, 6.07) is 18.3. The summed E-state index contributed by atoms with van der Waals surface area (Å²) >= 11 is 1.64. The number of carbonyl (C=O) groups excluding carboxylic acids is 1. The first-order valence-electron chi connectivity index (χ1n) is 9.61. The highest BCUT2D eigenvalue weighted by atomic mass is 35.5. The molecule has 0 saturated carbocycles. The molecule has 4 rings (SSSR count). The largest absolute Gasteiger partial charge is 0.389 e. The number of Topliss-reactive ketones (excluding diaryl/α,β-unsaturated/α-hetero) is 1. The number of likely N-dealkylation sites (tertiary alicyclic amines) is 1. The van der Waals surface area contributed by atoms with E-state index in [4.69, 9.17) is 0 Å². The van der Waals surface area contributed by atoms with Crippen molar-refractivity contribution >= 4 is 39.6 Å². The fourth-order valence-corrected chi connectivity index (χ4v) is 4.90. The van der Waals surface area contributed by atoms with Gasteiger partial charge in [0.25, 0.3) is 0 Å². The third-order valence-electron chi connectivity index (χ3n) is 5.60. The molecule has 3 aromatic rings. The second-order valence-electron chi connectivity index (χ2n) is 7.55. The molecule has 0 atom stereocenters. The second kappa shape index (κ2) is 9.19. The van der Waals surface area contributed by atoms with Gasteiger partial charge in [0.05, 0.1) is 5.60 Å². The molecular weight excluding hydrogens is 390 g/mol. The molecule has 1 saturated heterocycles. The van der Waals surface area contributed by atoms with Crippen LogP contribution in [0.5, 0.6) is 0 Å². The van der Waals surface area contributed by atoms with Crippen molar-refractivity contribution in [2.24, 2.45) is 0 Å². The molecule has 2 aromatic carbocycles. The van der Waals surface area contributed by atoms with Crippen LogP contribution in [0.4, 0.5) is 0 Å². The van der Waals surface area contributed by atoms with Gasteiger partial charge < -0.3 is 10.0 Å². The lowest BCUT2D eigenvalue weighted by atomic mass is 9.85. The first-order valence-corrected chi connectivity index (χ1v) is 10.5. The smallest absolute Gasteiger partial charge is 0.165 e. The van der Waals surface area contributed by atoms with E-state index in [-0.39, 0.29) is 18.2 Å². The van der Waals surface area contributed by atoms with Crippen molar-refractivity contribution in [2.45, 2.75) is 31.3 Å². The minimum absolute atomic E-state index is 0. The van der Waals surface area contributed by atoms with Crippen molar-refractivity contribution in [3.63, 3.8) is 0 Å². The van der Waals surface area contributed by atoms with Crippen LogP contribution in [0.25, 0.3) is 10.1 Å². The summed E-state index contributed by atoms with van der Waals surface area (Å²) in [4.78, 5) is 15.0.